The largest absolute Gasteiger partial charge is 0.476 e. The summed E-state index contributed by atoms with van der Waals surface area (Å²) in [6.45, 7) is 5.01. The van der Waals surface area contributed by atoms with E-state index in [1.165, 1.54) is 0 Å². The molecule has 0 saturated heterocycles. The summed E-state index contributed by atoms with van der Waals surface area (Å²) in [5, 5.41) is 13.7. The number of rotatable bonds is 3. The number of hydrogen-bond donors (Lipinski definition) is 1. The number of carbonyl (C=O) groups is 1. The maximum Gasteiger partial charge on any atom is 0.356 e. The van der Waals surface area contributed by atoms with Crippen LogP contribution in [0.3, 0.4) is 0 Å². The molecule has 5 heteroatoms. The highest BCUT2D eigenvalue weighted by Gasteiger charge is 2.32. The van der Waals surface area contributed by atoms with Gasteiger partial charge in [-0.1, -0.05) is 19.9 Å². The summed E-state index contributed by atoms with van der Waals surface area (Å²) in [5.74, 6) is -0.934. The van der Waals surface area contributed by atoms with Gasteiger partial charge in [0.25, 0.3) is 0 Å². The Kier molecular flexibility index (Phi) is 3.27. The van der Waals surface area contributed by atoms with Crippen molar-refractivity contribution < 1.29 is 9.90 Å². The van der Waals surface area contributed by atoms with Crippen molar-refractivity contribution in [2.75, 3.05) is 0 Å². The molecular formula is C16H19N3O2. The summed E-state index contributed by atoms with van der Waals surface area (Å²) in [6, 6.07) is 3.86. The molecule has 0 saturated carbocycles. The molecule has 0 fully saturated rings. The zero-order valence-electron chi connectivity index (χ0n) is 12.3. The standard InChI is InChI=1S/C16H19N3O2/c1-16(2)6-5-12-13(8-16)19(18-14(12)15(20)21)10-11-4-3-7-17-9-11/h3-4,7,9H,5-6,8,10H2,1-2H3,(H,20,21). The molecule has 0 bridgehead atoms. The lowest BCUT2D eigenvalue weighted by Crippen LogP contribution is -2.24. The molecule has 2 aromatic heterocycles. The number of carboxylic acid groups (broad SMARTS) is 1. The number of carboxylic acids is 1. The van der Waals surface area contributed by atoms with Crippen molar-refractivity contribution in [1.29, 1.82) is 0 Å². The predicted octanol–water partition coefficient (Wildman–Crippen LogP) is 2.54. The van der Waals surface area contributed by atoms with Crippen LogP contribution in [0.1, 0.15) is 47.6 Å². The van der Waals surface area contributed by atoms with Crippen molar-refractivity contribution in [1.82, 2.24) is 14.8 Å². The van der Waals surface area contributed by atoms with E-state index >= 15 is 0 Å². The molecule has 0 aliphatic heterocycles. The van der Waals surface area contributed by atoms with E-state index in [2.05, 4.69) is 23.9 Å². The van der Waals surface area contributed by atoms with Crippen LogP contribution in [-0.2, 0) is 19.4 Å². The maximum absolute atomic E-state index is 11.4. The minimum atomic E-state index is -0.934. The Morgan fingerprint density at radius 1 is 1.48 bits per heavy atom. The van der Waals surface area contributed by atoms with Gasteiger partial charge in [0.05, 0.1) is 6.54 Å². The van der Waals surface area contributed by atoms with Crippen molar-refractivity contribution in [2.24, 2.45) is 5.41 Å². The fraction of sp³-hybridized carbons (Fsp3) is 0.438. The molecule has 2 heterocycles. The lowest BCUT2D eigenvalue weighted by atomic mass is 9.76. The molecule has 21 heavy (non-hydrogen) atoms. The SMILES string of the molecule is CC1(C)CCc2c(C(=O)O)nn(Cc3cccnc3)c2C1. The van der Waals surface area contributed by atoms with Crippen LogP contribution in [0.2, 0.25) is 0 Å². The number of aromatic carboxylic acids is 1. The van der Waals surface area contributed by atoms with Gasteiger partial charge in [-0.15, -0.1) is 0 Å². The fourth-order valence-electron chi connectivity index (χ4n) is 2.97. The van der Waals surface area contributed by atoms with Gasteiger partial charge in [-0.3, -0.25) is 9.67 Å². The first-order valence-electron chi connectivity index (χ1n) is 7.17. The van der Waals surface area contributed by atoms with Gasteiger partial charge < -0.3 is 5.11 Å². The molecule has 0 radical (unpaired) electrons. The molecule has 110 valence electrons. The van der Waals surface area contributed by atoms with Crippen LogP contribution in [0.4, 0.5) is 0 Å². The first kappa shape index (κ1) is 13.8. The van der Waals surface area contributed by atoms with Crippen molar-refractivity contribution in [2.45, 2.75) is 39.7 Å². The molecule has 0 aromatic carbocycles. The van der Waals surface area contributed by atoms with Crippen LogP contribution >= 0.6 is 0 Å². The number of aromatic nitrogens is 3. The molecule has 0 atom stereocenters. The molecule has 0 unspecified atom stereocenters. The van der Waals surface area contributed by atoms with Gasteiger partial charge >= 0.3 is 5.97 Å². The monoisotopic (exact) mass is 285 g/mol. The van der Waals surface area contributed by atoms with Gasteiger partial charge in [0.1, 0.15) is 0 Å². The third-order valence-corrected chi connectivity index (χ3v) is 4.12. The Balaban J connectivity index is 2.02. The lowest BCUT2D eigenvalue weighted by Gasteiger charge is -2.30. The molecule has 1 aliphatic carbocycles. The second-order valence-corrected chi connectivity index (χ2v) is 6.44. The van der Waals surface area contributed by atoms with Crippen molar-refractivity contribution in [3.05, 3.63) is 47.0 Å². The molecule has 0 spiro atoms. The quantitative estimate of drug-likeness (QED) is 0.941. The molecular weight excluding hydrogens is 266 g/mol. The second kappa shape index (κ2) is 4.98. The third-order valence-electron chi connectivity index (χ3n) is 4.12. The minimum Gasteiger partial charge on any atom is -0.476 e. The van der Waals surface area contributed by atoms with Gasteiger partial charge in [0.15, 0.2) is 5.69 Å². The van der Waals surface area contributed by atoms with E-state index < -0.39 is 5.97 Å². The van der Waals surface area contributed by atoms with Crippen LogP contribution in [0.5, 0.6) is 0 Å². The summed E-state index contributed by atoms with van der Waals surface area (Å²) >= 11 is 0. The van der Waals surface area contributed by atoms with Gasteiger partial charge in [0.2, 0.25) is 0 Å². The second-order valence-electron chi connectivity index (χ2n) is 6.44. The van der Waals surface area contributed by atoms with E-state index in [9.17, 15) is 9.90 Å². The number of nitrogens with zero attached hydrogens (tertiary/aromatic N) is 3. The zero-order valence-corrected chi connectivity index (χ0v) is 12.3. The molecule has 1 aliphatic rings. The first-order valence-corrected chi connectivity index (χ1v) is 7.17. The van der Waals surface area contributed by atoms with E-state index in [-0.39, 0.29) is 11.1 Å². The highest BCUT2D eigenvalue weighted by Crippen LogP contribution is 2.36. The van der Waals surface area contributed by atoms with Crippen LogP contribution in [0, 0.1) is 5.41 Å². The third kappa shape index (κ3) is 2.68. The Morgan fingerprint density at radius 2 is 2.29 bits per heavy atom. The molecule has 1 N–H and O–H groups in total. The lowest BCUT2D eigenvalue weighted by molar-refractivity contribution is 0.0688. The molecule has 3 rings (SSSR count). The van der Waals surface area contributed by atoms with Crippen LogP contribution in [-0.4, -0.2) is 25.8 Å². The summed E-state index contributed by atoms with van der Waals surface area (Å²) in [7, 11) is 0. The van der Waals surface area contributed by atoms with Gasteiger partial charge in [-0.25, -0.2) is 4.79 Å². The summed E-state index contributed by atoms with van der Waals surface area (Å²) in [5.41, 5.74) is 3.40. The summed E-state index contributed by atoms with van der Waals surface area (Å²) in [6.07, 6.45) is 6.18. The summed E-state index contributed by atoms with van der Waals surface area (Å²) < 4.78 is 1.84. The molecule has 0 amide bonds. The first-order chi connectivity index (χ1) is 9.96. The Bertz CT molecular complexity index is 674. The van der Waals surface area contributed by atoms with E-state index in [0.29, 0.717) is 6.54 Å². The average Bonchev–Trinajstić information content (AvgIpc) is 2.77. The molecule has 5 nitrogen and oxygen atoms in total. The van der Waals surface area contributed by atoms with Crippen LogP contribution in [0.15, 0.2) is 24.5 Å². The van der Waals surface area contributed by atoms with E-state index in [4.69, 9.17) is 0 Å². The predicted molar refractivity (Wildman–Crippen MR) is 78.3 cm³/mol. The van der Waals surface area contributed by atoms with Crippen molar-refractivity contribution in [3.8, 4) is 0 Å². The Labute approximate surface area is 123 Å². The van der Waals surface area contributed by atoms with Gasteiger partial charge in [-0.05, 0) is 36.3 Å². The maximum atomic E-state index is 11.4. The van der Waals surface area contributed by atoms with E-state index in [1.807, 2.05) is 16.8 Å². The topological polar surface area (TPSA) is 68.0 Å². The number of fused-ring (bicyclic) bond motifs is 1. The fourth-order valence-corrected chi connectivity index (χ4v) is 2.97. The summed E-state index contributed by atoms with van der Waals surface area (Å²) in [4.78, 5) is 15.5. The zero-order chi connectivity index (χ0) is 15.0. The Hall–Kier alpha value is -2.17. The van der Waals surface area contributed by atoms with Gasteiger partial charge in [0, 0.05) is 23.7 Å². The van der Waals surface area contributed by atoms with Gasteiger partial charge in [-0.2, -0.15) is 5.10 Å². The van der Waals surface area contributed by atoms with Crippen LogP contribution in [0.25, 0.3) is 0 Å². The highest BCUT2D eigenvalue weighted by molar-refractivity contribution is 5.87. The minimum absolute atomic E-state index is 0.190. The van der Waals surface area contributed by atoms with Crippen molar-refractivity contribution in [3.63, 3.8) is 0 Å². The van der Waals surface area contributed by atoms with E-state index in [1.54, 1.807) is 12.4 Å². The van der Waals surface area contributed by atoms with E-state index in [0.717, 1.165) is 36.1 Å². The molecule has 2 aromatic rings. The van der Waals surface area contributed by atoms with Crippen molar-refractivity contribution >= 4 is 5.97 Å². The normalized spacial score (nSPS) is 16.5. The Morgan fingerprint density at radius 3 is 2.95 bits per heavy atom. The average molecular weight is 285 g/mol. The smallest absolute Gasteiger partial charge is 0.356 e. The number of pyridine rings is 1. The highest BCUT2D eigenvalue weighted by atomic mass is 16.4. The number of hydrogen-bond acceptors (Lipinski definition) is 3. The van der Waals surface area contributed by atoms with Crippen LogP contribution < -0.4 is 0 Å².